The summed E-state index contributed by atoms with van der Waals surface area (Å²) in [6.45, 7) is 0. The van der Waals surface area contributed by atoms with Crippen molar-refractivity contribution in [2.24, 2.45) is 5.73 Å². The van der Waals surface area contributed by atoms with Gasteiger partial charge in [-0.05, 0) is 67.9 Å². The van der Waals surface area contributed by atoms with E-state index in [1.54, 1.807) is 18.2 Å². The zero-order chi connectivity index (χ0) is 27.5. The molecule has 3 rings (SSSR count). The van der Waals surface area contributed by atoms with Gasteiger partial charge in [-0.25, -0.2) is 0 Å². The van der Waals surface area contributed by atoms with Crippen LogP contribution in [0.15, 0.2) is 48.5 Å². The molecule has 2 amide bonds. The molecule has 0 saturated heterocycles. The molecular formula is C29H39N3O6. The maximum atomic E-state index is 12.5. The number of benzene rings is 2. The number of rotatable bonds is 12. The van der Waals surface area contributed by atoms with Crippen molar-refractivity contribution in [3.63, 3.8) is 0 Å². The van der Waals surface area contributed by atoms with Crippen molar-refractivity contribution in [3.05, 3.63) is 59.7 Å². The Balaban J connectivity index is 1.42. The zero-order valence-electron chi connectivity index (χ0n) is 22.3. The highest BCUT2D eigenvalue weighted by atomic mass is 16.5. The number of nitrogens with one attached hydrogen (secondary N) is 2. The first kappa shape index (κ1) is 29.0. The minimum Gasteiger partial charge on any atom is -0.493 e. The molecule has 0 aromatic heterocycles. The molecule has 1 saturated carbocycles. The number of carbonyl (C=O) groups is 2. The van der Waals surface area contributed by atoms with Crippen LogP contribution >= 0.6 is 0 Å². The van der Waals surface area contributed by atoms with Crippen molar-refractivity contribution in [3.8, 4) is 17.2 Å². The Morgan fingerprint density at radius 1 is 0.974 bits per heavy atom. The SMILES string of the molecule is COc1cc(C=CC(=O)NC2CCC(NC(=O)C(O)C(N)CCc3ccccc3)CC2)cc(OC)c1OC. The maximum absolute atomic E-state index is 12.5. The van der Waals surface area contributed by atoms with Gasteiger partial charge in [0.15, 0.2) is 11.5 Å². The van der Waals surface area contributed by atoms with Crippen molar-refractivity contribution in [1.82, 2.24) is 10.6 Å². The molecule has 1 aliphatic rings. The Morgan fingerprint density at radius 3 is 2.11 bits per heavy atom. The molecular weight excluding hydrogens is 486 g/mol. The monoisotopic (exact) mass is 525 g/mol. The maximum Gasteiger partial charge on any atom is 0.250 e. The highest BCUT2D eigenvalue weighted by Gasteiger charge is 2.28. The van der Waals surface area contributed by atoms with Crippen LogP contribution in [-0.4, -0.2) is 62.5 Å². The van der Waals surface area contributed by atoms with E-state index < -0.39 is 18.1 Å². The Bertz CT molecular complexity index is 1060. The van der Waals surface area contributed by atoms with Crippen molar-refractivity contribution in [1.29, 1.82) is 0 Å². The van der Waals surface area contributed by atoms with Gasteiger partial charge in [0.2, 0.25) is 11.7 Å². The van der Waals surface area contributed by atoms with E-state index in [1.807, 2.05) is 30.3 Å². The van der Waals surface area contributed by atoms with Gasteiger partial charge in [-0.2, -0.15) is 0 Å². The third-order valence-corrected chi connectivity index (χ3v) is 6.82. The molecule has 0 spiro atoms. The molecule has 2 atom stereocenters. The summed E-state index contributed by atoms with van der Waals surface area (Å²) >= 11 is 0. The van der Waals surface area contributed by atoms with E-state index in [1.165, 1.54) is 27.4 Å². The molecule has 1 fully saturated rings. The summed E-state index contributed by atoms with van der Waals surface area (Å²) in [6.07, 6.45) is 5.99. The van der Waals surface area contributed by atoms with Crippen LogP contribution in [0.4, 0.5) is 0 Å². The molecule has 0 heterocycles. The standard InChI is InChI=1S/C29H39N3O6/c1-36-24-17-20(18-25(37-2)28(24)38-3)10-16-26(33)31-21-11-13-22(14-12-21)32-29(35)27(34)23(30)15-9-19-7-5-4-6-8-19/h4-8,10,16-18,21-23,27,34H,9,11-15,30H2,1-3H3,(H,31,33)(H,32,35). The van der Waals surface area contributed by atoms with Crippen LogP contribution < -0.4 is 30.6 Å². The number of aryl methyl sites for hydroxylation is 1. The molecule has 0 bridgehead atoms. The van der Waals surface area contributed by atoms with Gasteiger partial charge in [0.05, 0.1) is 21.3 Å². The summed E-state index contributed by atoms with van der Waals surface area (Å²) in [5, 5.41) is 16.3. The number of aliphatic hydroxyl groups is 1. The predicted octanol–water partition coefficient (Wildman–Crippen LogP) is 2.59. The normalized spacial score (nSPS) is 18.9. The predicted molar refractivity (Wildman–Crippen MR) is 146 cm³/mol. The first-order valence-electron chi connectivity index (χ1n) is 12.9. The second-order valence-corrected chi connectivity index (χ2v) is 9.49. The van der Waals surface area contributed by atoms with Crippen LogP contribution in [0.1, 0.15) is 43.2 Å². The molecule has 9 nitrogen and oxygen atoms in total. The van der Waals surface area contributed by atoms with E-state index in [2.05, 4.69) is 10.6 Å². The lowest BCUT2D eigenvalue weighted by atomic mass is 9.90. The average Bonchev–Trinajstić information content (AvgIpc) is 2.95. The minimum atomic E-state index is -1.25. The lowest BCUT2D eigenvalue weighted by Gasteiger charge is -2.30. The molecule has 1 aliphatic carbocycles. The smallest absolute Gasteiger partial charge is 0.250 e. The molecule has 9 heteroatoms. The Morgan fingerprint density at radius 2 is 1.55 bits per heavy atom. The number of aliphatic hydroxyl groups excluding tert-OH is 1. The number of methoxy groups -OCH3 is 3. The second-order valence-electron chi connectivity index (χ2n) is 9.49. The van der Waals surface area contributed by atoms with Gasteiger partial charge in [0.25, 0.3) is 5.91 Å². The van der Waals surface area contributed by atoms with Gasteiger partial charge in [-0.15, -0.1) is 0 Å². The molecule has 0 radical (unpaired) electrons. The summed E-state index contributed by atoms with van der Waals surface area (Å²) < 4.78 is 16.0. The molecule has 2 aromatic rings. The Hall–Kier alpha value is -3.56. The van der Waals surface area contributed by atoms with Crippen molar-refractivity contribution >= 4 is 17.9 Å². The molecule has 5 N–H and O–H groups in total. The fourth-order valence-corrected chi connectivity index (χ4v) is 4.62. The average molecular weight is 526 g/mol. The van der Waals surface area contributed by atoms with E-state index in [0.717, 1.165) is 24.0 Å². The molecule has 0 aliphatic heterocycles. The Labute approximate surface area is 224 Å². The highest BCUT2D eigenvalue weighted by molar-refractivity contribution is 5.92. The topological polar surface area (TPSA) is 132 Å². The van der Waals surface area contributed by atoms with Gasteiger partial charge < -0.3 is 35.7 Å². The molecule has 2 unspecified atom stereocenters. The van der Waals surface area contributed by atoms with Gasteiger partial charge in [0, 0.05) is 24.2 Å². The van der Waals surface area contributed by atoms with Crippen molar-refractivity contribution < 1.29 is 28.9 Å². The van der Waals surface area contributed by atoms with E-state index in [-0.39, 0.29) is 18.0 Å². The summed E-state index contributed by atoms with van der Waals surface area (Å²) in [4.78, 5) is 25.0. The molecule has 2 aromatic carbocycles. The lowest BCUT2D eigenvalue weighted by Crippen LogP contribution is -2.51. The van der Waals surface area contributed by atoms with Gasteiger partial charge >= 0.3 is 0 Å². The van der Waals surface area contributed by atoms with E-state index in [0.29, 0.717) is 42.9 Å². The van der Waals surface area contributed by atoms with Crippen LogP contribution in [0, 0.1) is 0 Å². The number of ether oxygens (including phenoxy) is 3. The summed E-state index contributed by atoms with van der Waals surface area (Å²) in [5.74, 6) is 0.864. The number of nitrogens with two attached hydrogens (primary N) is 1. The first-order valence-corrected chi connectivity index (χ1v) is 12.9. The molecule has 38 heavy (non-hydrogen) atoms. The van der Waals surface area contributed by atoms with Crippen LogP contribution in [-0.2, 0) is 16.0 Å². The Kier molecular flexibility index (Phi) is 11.0. The van der Waals surface area contributed by atoms with Gasteiger partial charge in [0.1, 0.15) is 6.10 Å². The first-order chi connectivity index (χ1) is 18.3. The largest absolute Gasteiger partial charge is 0.493 e. The van der Waals surface area contributed by atoms with Crippen molar-refractivity contribution in [2.75, 3.05) is 21.3 Å². The van der Waals surface area contributed by atoms with Gasteiger partial charge in [-0.3, -0.25) is 9.59 Å². The van der Waals surface area contributed by atoms with Crippen LogP contribution in [0.2, 0.25) is 0 Å². The van der Waals surface area contributed by atoms with E-state index >= 15 is 0 Å². The fraction of sp³-hybridized carbons (Fsp3) is 0.448. The molecule has 206 valence electrons. The number of hydrogen-bond donors (Lipinski definition) is 4. The van der Waals surface area contributed by atoms with Crippen LogP contribution in [0.3, 0.4) is 0 Å². The van der Waals surface area contributed by atoms with Crippen LogP contribution in [0.5, 0.6) is 17.2 Å². The summed E-state index contributed by atoms with van der Waals surface area (Å²) in [7, 11) is 4.61. The minimum absolute atomic E-state index is 0.0123. The van der Waals surface area contributed by atoms with E-state index in [4.69, 9.17) is 19.9 Å². The fourth-order valence-electron chi connectivity index (χ4n) is 4.62. The zero-order valence-corrected chi connectivity index (χ0v) is 22.3. The summed E-state index contributed by atoms with van der Waals surface area (Å²) in [6, 6.07) is 12.7. The summed E-state index contributed by atoms with van der Waals surface area (Å²) in [5.41, 5.74) is 7.94. The second kappa shape index (κ2) is 14.4. The van der Waals surface area contributed by atoms with Crippen molar-refractivity contribution in [2.45, 2.75) is 62.8 Å². The van der Waals surface area contributed by atoms with E-state index in [9.17, 15) is 14.7 Å². The number of carbonyl (C=O) groups excluding carboxylic acids is 2. The number of amides is 2. The van der Waals surface area contributed by atoms with Crippen LogP contribution in [0.25, 0.3) is 6.08 Å². The van der Waals surface area contributed by atoms with Gasteiger partial charge in [-0.1, -0.05) is 30.3 Å². The lowest BCUT2D eigenvalue weighted by molar-refractivity contribution is -0.131. The number of hydrogen-bond acceptors (Lipinski definition) is 7. The quantitative estimate of drug-likeness (QED) is 0.313. The third-order valence-electron chi connectivity index (χ3n) is 6.82. The third kappa shape index (κ3) is 8.22. The highest BCUT2D eigenvalue weighted by Crippen LogP contribution is 2.38.